The number of rotatable bonds is 11. The minimum absolute atomic E-state index is 0.261. The molecule has 0 atom stereocenters. The Morgan fingerprint density at radius 1 is 0.243 bits per heavy atom. The molecule has 3 nitrogen and oxygen atoms in total. The summed E-state index contributed by atoms with van der Waals surface area (Å²) >= 11 is 0. The maximum absolute atomic E-state index is 5.34. The molecule has 0 spiro atoms. The van der Waals surface area contributed by atoms with Gasteiger partial charge < -0.3 is 0 Å². The SMILES string of the molecule is Cc1ccccc1C(C)(C)c1cccc(-c2nc(-c3cccc(-c4cc(-c5ccccc5)cc(-c5ccccc5)c4)c3)nc(-c3cccc(-c4cc(-c5ccccc5)cc(-c5ccccc5)c4)c3)n2)c1. The molecule has 0 unspecified atom stereocenters. The smallest absolute Gasteiger partial charge is 0.164 e. The van der Waals surface area contributed by atoms with Crippen LogP contribution >= 0.6 is 0 Å². The monoisotopic (exact) mass is 897 g/mol. The average molecular weight is 898 g/mol. The molecule has 0 fully saturated rings. The van der Waals surface area contributed by atoms with Crippen LogP contribution in [0.3, 0.4) is 0 Å². The van der Waals surface area contributed by atoms with Crippen LogP contribution in [0.5, 0.6) is 0 Å². The predicted molar refractivity (Wildman–Crippen MR) is 292 cm³/mol. The molecule has 0 amide bonds. The second kappa shape index (κ2) is 19.1. The Kier molecular flexibility index (Phi) is 11.9. The Morgan fingerprint density at radius 3 is 0.886 bits per heavy atom. The fourth-order valence-electron chi connectivity index (χ4n) is 9.69. The summed E-state index contributed by atoms with van der Waals surface area (Å²) in [6.45, 7) is 6.78. The van der Waals surface area contributed by atoms with Gasteiger partial charge in [0, 0.05) is 22.1 Å². The van der Waals surface area contributed by atoms with Crippen LogP contribution in [0.2, 0.25) is 0 Å². The highest BCUT2D eigenvalue weighted by atomic mass is 15.0. The van der Waals surface area contributed by atoms with Crippen molar-refractivity contribution in [2.75, 3.05) is 0 Å². The number of aromatic nitrogens is 3. The zero-order valence-corrected chi connectivity index (χ0v) is 39.6. The van der Waals surface area contributed by atoms with Crippen LogP contribution in [0.4, 0.5) is 0 Å². The highest BCUT2D eigenvalue weighted by molar-refractivity contribution is 5.84. The highest BCUT2D eigenvalue weighted by Crippen LogP contribution is 2.39. The van der Waals surface area contributed by atoms with Crippen molar-refractivity contribution in [2.45, 2.75) is 26.2 Å². The summed E-state index contributed by atoms with van der Waals surface area (Å²) in [6.07, 6.45) is 0. The Balaban J connectivity index is 1.06. The van der Waals surface area contributed by atoms with Crippen LogP contribution in [-0.4, -0.2) is 15.0 Å². The molecule has 0 saturated carbocycles. The van der Waals surface area contributed by atoms with Gasteiger partial charge in [0.25, 0.3) is 0 Å². The van der Waals surface area contributed by atoms with Crippen molar-refractivity contribution < 1.29 is 0 Å². The summed E-state index contributed by atoms with van der Waals surface area (Å²) in [5, 5.41) is 0. The summed E-state index contributed by atoms with van der Waals surface area (Å²) in [4.78, 5) is 16.0. The number of benzene rings is 10. The molecule has 0 aliphatic heterocycles. The first-order chi connectivity index (χ1) is 34.3. The Labute approximate surface area is 411 Å². The fourth-order valence-corrected chi connectivity index (χ4v) is 9.69. The van der Waals surface area contributed by atoms with Crippen LogP contribution in [0, 0.1) is 6.92 Å². The third-order valence-corrected chi connectivity index (χ3v) is 13.5. The van der Waals surface area contributed by atoms with E-state index in [4.69, 9.17) is 15.0 Å². The lowest BCUT2D eigenvalue weighted by Crippen LogP contribution is -2.20. The van der Waals surface area contributed by atoms with Crippen molar-refractivity contribution >= 4 is 0 Å². The van der Waals surface area contributed by atoms with E-state index < -0.39 is 0 Å². The van der Waals surface area contributed by atoms with E-state index in [2.05, 4.69) is 276 Å². The van der Waals surface area contributed by atoms with Gasteiger partial charge in [0.1, 0.15) is 0 Å². The van der Waals surface area contributed by atoms with E-state index in [0.29, 0.717) is 17.5 Å². The molecule has 0 aliphatic rings. The van der Waals surface area contributed by atoms with Gasteiger partial charge in [0.15, 0.2) is 17.5 Å². The zero-order chi connectivity index (χ0) is 47.4. The van der Waals surface area contributed by atoms with Crippen molar-refractivity contribution in [2.24, 2.45) is 0 Å². The van der Waals surface area contributed by atoms with Crippen LogP contribution in [0.25, 0.3) is 101 Å². The number of nitrogens with zero attached hydrogens (tertiary/aromatic N) is 3. The van der Waals surface area contributed by atoms with E-state index in [0.717, 1.165) is 61.2 Å². The maximum atomic E-state index is 5.34. The van der Waals surface area contributed by atoms with E-state index in [-0.39, 0.29) is 5.41 Å². The lowest BCUT2D eigenvalue weighted by Gasteiger charge is -2.28. The normalized spacial score (nSPS) is 11.4. The Morgan fingerprint density at radius 2 is 0.514 bits per heavy atom. The molecular weight excluding hydrogens is 847 g/mol. The molecule has 11 aromatic rings. The molecule has 334 valence electrons. The van der Waals surface area contributed by atoms with Crippen molar-refractivity contribution in [3.05, 3.63) is 271 Å². The van der Waals surface area contributed by atoms with Crippen LogP contribution in [0.1, 0.15) is 30.5 Å². The van der Waals surface area contributed by atoms with Crippen LogP contribution in [0.15, 0.2) is 255 Å². The number of aryl methyl sites for hydroxylation is 1. The average Bonchev–Trinajstić information content (AvgIpc) is 3.44. The largest absolute Gasteiger partial charge is 0.208 e. The van der Waals surface area contributed by atoms with Crippen molar-refractivity contribution in [3.63, 3.8) is 0 Å². The van der Waals surface area contributed by atoms with Crippen molar-refractivity contribution in [1.29, 1.82) is 0 Å². The number of hydrogen-bond acceptors (Lipinski definition) is 3. The van der Waals surface area contributed by atoms with Gasteiger partial charge >= 0.3 is 0 Å². The van der Waals surface area contributed by atoms with E-state index >= 15 is 0 Å². The van der Waals surface area contributed by atoms with Gasteiger partial charge in [-0.3, -0.25) is 0 Å². The molecule has 0 radical (unpaired) electrons. The van der Waals surface area contributed by atoms with E-state index in [1.807, 2.05) is 0 Å². The minimum Gasteiger partial charge on any atom is -0.208 e. The van der Waals surface area contributed by atoms with Crippen LogP contribution in [-0.2, 0) is 5.41 Å². The topological polar surface area (TPSA) is 38.7 Å². The van der Waals surface area contributed by atoms with Gasteiger partial charge in [-0.2, -0.15) is 0 Å². The molecule has 0 N–H and O–H groups in total. The first-order valence-corrected chi connectivity index (χ1v) is 24.0. The third-order valence-electron chi connectivity index (χ3n) is 13.5. The van der Waals surface area contributed by atoms with Crippen LogP contribution < -0.4 is 0 Å². The van der Waals surface area contributed by atoms with Gasteiger partial charge in [-0.15, -0.1) is 0 Å². The lowest BCUT2D eigenvalue weighted by molar-refractivity contribution is 0.636. The van der Waals surface area contributed by atoms with Crippen molar-refractivity contribution in [1.82, 2.24) is 15.0 Å². The number of hydrogen-bond donors (Lipinski definition) is 0. The predicted octanol–water partition coefficient (Wildman–Crippen LogP) is 17.5. The first-order valence-electron chi connectivity index (χ1n) is 24.0. The second-order valence-electron chi connectivity index (χ2n) is 18.6. The van der Waals surface area contributed by atoms with E-state index in [1.54, 1.807) is 0 Å². The lowest BCUT2D eigenvalue weighted by atomic mass is 9.76. The third kappa shape index (κ3) is 9.13. The van der Waals surface area contributed by atoms with Gasteiger partial charge in [-0.25, -0.2) is 15.0 Å². The van der Waals surface area contributed by atoms with Gasteiger partial charge in [-0.05, 0) is 145 Å². The molecule has 0 aliphatic carbocycles. The van der Waals surface area contributed by atoms with Gasteiger partial charge in [-0.1, -0.05) is 214 Å². The van der Waals surface area contributed by atoms with Gasteiger partial charge in [0.05, 0.1) is 0 Å². The van der Waals surface area contributed by atoms with Gasteiger partial charge in [0.2, 0.25) is 0 Å². The standard InChI is InChI=1S/C67H51N3/c1-46-21-16-17-36-63(46)67(2,3)62-35-20-34-55(45-62)66-69-64(53-32-18-30-51(37-53)60-41-56(47-22-8-4-9-23-47)39-57(42-60)48-24-10-5-11-25-48)68-65(70-66)54-33-19-31-52(38-54)61-43-58(49-26-12-6-13-27-49)40-59(44-61)50-28-14-7-15-29-50/h4-45H,1-3H3. The molecule has 1 heterocycles. The Bertz CT molecular complexity index is 3310. The summed E-state index contributed by atoms with van der Waals surface area (Å²) in [5.41, 5.74) is 19.9. The molecule has 10 aromatic carbocycles. The summed E-state index contributed by atoms with van der Waals surface area (Å²) in [6, 6.07) is 90.7. The summed E-state index contributed by atoms with van der Waals surface area (Å²) < 4.78 is 0. The molecular formula is C67H51N3. The van der Waals surface area contributed by atoms with Crippen molar-refractivity contribution in [3.8, 4) is 101 Å². The molecule has 1 aromatic heterocycles. The molecule has 0 saturated heterocycles. The maximum Gasteiger partial charge on any atom is 0.164 e. The quantitative estimate of drug-likeness (QED) is 0.130. The molecule has 3 heteroatoms. The van der Waals surface area contributed by atoms with E-state index in [9.17, 15) is 0 Å². The second-order valence-corrected chi connectivity index (χ2v) is 18.6. The van der Waals surface area contributed by atoms with E-state index in [1.165, 1.54) is 38.9 Å². The fraction of sp³-hybridized carbons (Fsp3) is 0.0597. The Hall–Kier alpha value is -8.79. The summed E-state index contributed by atoms with van der Waals surface area (Å²) in [5.74, 6) is 1.83. The highest BCUT2D eigenvalue weighted by Gasteiger charge is 2.26. The zero-order valence-electron chi connectivity index (χ0n) is 39.6. The molecule has 70 heavy (non-hydrogen) atoms. The molecule has 0 bridgehead atoms. The first kappa shape index (κ1) is 43.8. The molecule has 11 rings (SSSR count). The summed E-state index contributed by atoms with van der Waals surface area (Å²) in [7, 11) is 0. The minimum atomic E-state index is -0.261.